The zero-order valence-corrected chi connectivity index (χ0v) is 7.54. The molecule has 3 heteroatoms. The molecule has 0 aromatic heterocycles. The molecule has 0 fully saturated rings. The Balaban J connectivity index is 3.69. The molecule has 2 unspecified atom stereocenters. The van der Waals surface area contributed by atoms with Crippen molar-refractivity contribution in [3.05, 3.63) is 0 Å². The highest BCUT2D eigenvalue weighted by molar-refractivity contribution is 4.89. The van der Waals surface area contributed by atoms with Gasteiger partial charge >= 0.3 is 0 Å². The fourth-order valence-corrected chi connectivity index (χ4v) is 0.843. The van der Waals surface area contributed by atoms with Gasteiger partial charge in [0.15, 0.2) is 0 Å². The normalized spacial score (nSPS) is 16.0. The van der Waals surface area contributed by atoms with Gasteiger partial charge in [-0.05, 0) is 20.4 Å². The van der Waals surface area contributed by atoms with Gasteiger partial charge < -0.3 is 10.6 Å². The molecule has 0 radical (unpaired) electrons. The summed E-state index contributed by atoms with van der Waals surface area (Å²) in [6, 6.07) is 2.17. The first kappa shape index (κ1) is 10.4. The Hall–Kier alpha value is -0.590. The van der Waals surface area contributed by atoms with Crippen LogP contribution in [0.25, 0.3) is 0 Å². The minimum atomic E-state index is -0.353. The lowest BCUT2D eigenvalue weighted by molar-refractivity contribution is 0.248. The lowest BCUT2D eigenvalue weighted by Crippen LogP contribution is -2.38. The van der Waals surface area contributed by atoms with E-state index in [9.17, 15) is 0 Å². The van der Waals surface area contributed by atoms with Gasteiger partial charge in [-0.25, -0.2) is 0 Å². The summed E-state index contributed by atoms with van der Waals surface area (Å²) in [5, 5.41) is 8.44. The van der Waals surface area contributed by atoms with Gasteiger partial charge in [0.2, 0.25) is 0 Å². The molecular formula is C8H17N3. The zero-order chi connectivity index (χ0) is 8.85. The molecule has 0 heterocycles. The molecule has 0 aromatic rings. The molecule has 0 aliphatic heterocycles. The Morgan fingerprint density at radius 3 is 2.55 bits per heavy atom. The smallest absolute Gasteiger partial charge is 0.106 e. The monoisotopic (exact) mass is 155 g/mol. The van der Waals surface area contributed by atoms with Crippen LogP contribution >= 0.6 is 0 Å². The molecule has 0 saturated carbocycles. The first-order chi connectivity index (χ1) is 5.11. The largest absolute Gasteiger partial charge is 0.315 e. The average Bonchev–Trinajstić information content (AvgIpc) is 2.02. The van der Waals surface area contributed by atoms with E-state index in [1.54, 1.807) is 0 Å². The van der Waals surface area contributed by atoms with E-state index in [2.05, 4.69) is 18.7 Å². The first-order valence-corrected chi connectivity index (χ1v) is 3.97. The number of nitriles is 1. The molecule has 0 aliphatic carbocycles. The van der Waals surface area contributed by atoms with E-state index < -0.39 is 0 Å². The van der Waals surface area contributed by atoms with Crippen molar-refractivity contribution >= 4 is 0 Å². The number of hydrogen-bond acceptors (Lipinski definition) is 3. The quantitative estimate of drug-likeness (QED) is 0.645. The van der Waals surface area contributed by atoms with Gasteiger partial charge in [0.25, 0.3) is 0 Å². The van der Waals surface area contributed by atoms with Gasteiger partial charge in [-0.15, -0.1) is 0 Å². The van der Waals surface area contributed by atoms with Crippen LogP contribution < -0.4 is 5.73 Å². The van der Waals surface area contributed by atoms with Crippen molar-refractivity contribution in [3.8, 4) is 6.07 Å². The van der Waals surface area contributed by atoms with Crippen LogP contribution in [0.15, 0.2) is 0 Å². The number of nitrogens with zero attached hydrogens (tertiary/aromatic N) is 2. The lowest BCUT2D eigenvalue weighted by atomic mass is 10.2. The highest BCUT2D eigenvalue weighted by Crippen LogP contribution is 1.99. The Bertz CT molecular complexity index is 139. The van der Waals surface area contributed by atoms with E-state index in [-0.39, 0.29) is 6.04 Å². The Kier molecular flexibility index (Phi) is 4.84. The zero-order valence-electron chi connectivity index (χ0n) is 7.54. The van der Waals surface area contributed by atoms with Crippen LogP contribution in [0.4, 0.5) is 0 Å². The van der Waals surface area contributed by atoms with Crippen LogP contribution in [0.3, 0.4) is 0 Å². The molecule has 0 saturated heterocycles. The second-order valence-electron chi connectivity index (χ2n) is 2.93. The molecule has 2 atom stereocenters. The van der Waals surface area contributed by atoms with Crippen LogP contribution in [0.1, 0.15) is 20.3 Å². The van der Waals surface area contributed by atoms with E-state index in [0.29, 0.717) is 12.6 Å². The number of hydrogen-bond donors (Lipinski definition) is 1. The minimum Gasteiger partial charge on any atom is -0.315 e. The predicted octanol–water partition coefficient (Wildman–Crippen LogP) is 0.568. The van der Waals surface area contributed by atoms with E-state index in [1.165, 1.54) is 0 Å². The topological polar surface area (TPSA) is 53.0 Å². The summed E-state index contributed by atoms with van der Waals surface area (Å²) >= 11 is 0. The maximum absolute atomic E-state index is 8.44. The molecule has 2 N–H and O–H groups in total. The molecule has 3 nitrogen and oxygen atoms in total. The number of nitrogens with two attached hydrogens (primary N) is 1. The molecule has 0 rings (SSSR count). The summed E-state index contributed by atoms with van der Waals surface area (Å²) < 4.78 is 0. The van der Waals surface area contributed by atoms with Crippen molar-refractivity contribution in [1.29, 1.82) is 5.26 Å². The van der Waals surface area contributed by atoms with E-state index >= 15 is 0 Å². The Morgan fingerprint density at radius 2 is 2.18 bits per heavy atom. The fraction of sp³-hybridized carbons (Fsp3) is 0.875. The van der Waals surface area contributed by atoms with Crippen LogP contribution in [0, 0.1) is 11.3 Å². The highest BCUT2D eigenvalue weighted by Gasteiger charge is 2.09. The van der Waals surface area contributed by atoms with E-state index in [1.807, 2.05) is 13.1 Å². The Morgan fingerprint density at radius 1 is 1.64 bits per heavy atom. The standard InChI is InChI=1S/C8H17N3/c1-4-7(2)11(3)6-8(10)5-9/h7-8H,4,6,10H2,1-3H3. The van der Waals surface area contributed by atoms with Crippen LogP contribution in [0.2, 0.25) is 0 Å². The average molecular weight is 155 g/mol. The van der Waals surface area contributed by atoms with Crippen molar-refractivity contribution in [2.45, 2.75) is 32.4 Å². The van der Waals surface area contributed by atoms with Crippen molar-refractivity contribution in [1.82, 2.24) is 4.90 Å². The van der Waals surface area contributed by atoms with Gasteiger partial charge in [0.05, 0.1) is 6.07 Å². The summed E-state index contributed by atoms with van der Waals surface area (Å²) in [6.07, 6.45) is 1.09. The summed E-state index contributed by atoms with van der Waals surface area (Å²) in [5.74, 6) is 0. The van der Waals surface area contributed by atoms with Crippen LogP contribution in [-0.2, 0) is 0 Å². The number of rotatable bonds is 4. The third kappa shape index (κ3) is 3.97. The lowest BCUT2D eigenvalue weighted by Gasteiger charge is -2.23. The van der Waals surface area contributed by atoms with Gasteiger partial charge in [-0.1, -0.05) is 6.92 Å². The predicted molar refractivity (Wildman–Crippen MR) is 46.0 cm³/mol. The molecule has 0 aliphatic rings. The highest BCUT2D eigenvalue weighted by atomic mass is 15.1. The van der Waals surface area contributed by atoms with Crippen molar-refractivity contribution in [3.63, 3.8) is 0 Å². The molecule has 0 bridgehead atoms. The van der Waals surface area contributed by atoms with Gasteiger partial charge in [0.1, 0.15) is 6.04 Å². The second-order valence-corrected chi connectivity index (χ2v) is 2.93. The SMILES string of the molecule is CCC(C)N(C)CC(N)C#N. The van der Waals surface area contributed by atoms with Gasteiger partial charge in [0, 0.05) is 12.6 Å². The third-order valence-electron chi connectivity index (χ3n) is 1.99. The van der Waals surface area contributed by atoms with Gasteiger partial charge in [-0.3, -0.25) is 0 Å². The molecule has 64 valence electrons. The molecule has 0 aromatic carbocycles. The fourth-order valence-electron chi connectivity index (χ4n) is 0.843. The second kappa shape index (κ2) is 5.11. The Labute approximate surface area is 68.8 Å². The minimum absolute atomic E-state index is 0.353. The van der Waals surface area contributed by atoms with E-state index in [0.717, 1.165) is 6.42 Å². The third-order valence-corrected chi connectivity index (χ3v) is 1.99. The summed E-state index contributed by atoms with van der Waals surface area (Å²) in [4.78, 5) is 2.11. The van der Waals surface area contributed by atoms with Crippen molar-refractivity contribution in [2.24, 2.45) is 5.73 Å². The molecule has 0 spiro atoms. The van der Waals surface area contributed by atoms with Gasteiger partial charge in [-0.2, -0.15) is 5.26 Å². The maximum atomic E-state index is 8.44. The van der Waals surface area contributed by atoms with Crippen LogP contribution in [-0.4, -0.2) is 30.6 Å². The molecule has 0 amide bonds. The summed E-state index contributed by atoms with van der Waals surface area (Å²) in [5.41, 5.74) is 5.46. The number of likely N-dealkylation sites (N-methyl/N-ethyl adjacent to an activating group) is 1. The maximum Gasteiger partial charge on any atom is 0.106 e. The molecular weight excluding hydrogens is 138 g/mol. The summed E-state index contributed by atoms with van der Waals surface area (Å²) in [6.45, 7) is 4.91. The van der Waals surface area contributed by atoms with E-state index in [4.69, 9.17) is 11.0 Å². The first-order valence-electron chi connectivity index (χ1n) is 3.97. The molecule has 11 heavy (non-hydrogen) atoms. The van der Waals surface area contributed by atoms with Crippen LogP contribution in [0.5, 0.6) is 0 Å². The van der Waals surface area contributed by atoms with Crippen molar-refractivity contribution < 1.29 is 0 Å². The summed E-state index contributed by atoms with van der Waals surface area (Å²) in [7, 11) is 1.99. The van der Waals surface area contributed by atoms with Crippen molar-refractivity contribution in [2.75, 3.05) is 13.6 Å².